The third-order valence-corrected chi connectivity index (χ3v) is 4.57. The minimum atomic E-state index is -0.594. The van der Waals surface area contributed by atoms with Gasteiger partial charge in [-0.3, -0.25) is 19.3 Å². The molecule has 2 heterocycles. The van der Waals surface area contributed by atoms with Gasteiger partial charge in [-0.05, 0) is 30.7 Å². The van der Waals surface area contributed by atoms with E-state index >= 15 is 0 Å². The Morgan fingerprint density at radius 1 is 1.31 bits per heavy atom. The van der Waals surface area contributed by atoms with Crippen LogP contribution >= 0.6 is 11.3 Å². The van der Waals surface area contributed by atoms with Crippen LogP contribution in [0, 0.1) is 5.82 Å². The molecule has 1 aromatic carbocycles. The van der Waals surface area contributed by atoms with Gasteiger partial charge >= 0.3 is 5.97 Å². The average molecular weight is 377 g/mol. The number of aromatic nitrogens is 1. The van der Waals surface area contributed by atoms with Crippen LogP contribution in [0.3, 0.4) is 0 Å². The van der Waals surface area contributed by atoms with Crippen LogP contribution in [0.4, 0.5) is 15.2 Å². The number of benzene rings is 1. The van der Waals surface area contributed by atoms with Crippen molar-refractivity contribution in [3.63, 3.8) is 0 Å². The number of halogens is 1. The van der Waals surface area contributed by atoms with Gasteiger partial charge in [-0.1, -0.05) is 0 Å². The minimum absolute atomic E-state index is 0.0333. The van der Waals surface area contributed by atoms with E-state index in [9.17, 15) is 18.8 Å². The molecule has 1 N–H and O–H groups in total. The molecule has 3 rings (SSSR count). The summed E-state index contributed by atoms with van der Waals surface area (Å²) in [5.41, 5.74) is 0.903. The number of carbonyl (C=O) groups is 3. The van der Waals surface area contributed by atoms with Crippen LogP contribution in [0.5, 0.6) is 0 Å². The number of ether oxygens (including phenoxy) is 1. The van der Waals surface area contributed by atoms with Crippen LogP contribution in [0.1, 0.15) is 18.5 Å². The number of hydrogen-bond donors (Lipinski definition) is 1. The molecule has 1 aliphatic rings. The van der Waals surface area contributed by atoms with Crippen molar-refractivity contribution >= 4 is 39.9 Å². The molecule has 1 fully saturated rings. The quantitative estimate of drug-likeness (QED) is 0.779. The van der Waals surface area contributed by atoms with Gasteiger partial charge in [0.25, 0.3) is 5.91 Å². The molecule has 0 unspecified atom stereocenters. The summed E-state index contributed by atoms with van der Waals surface area (Å²) in [6.07, 6.45) is 1.24. The molecule has 1 aromatic heterocycles. The van der Waals surface area contributed by atoms with Gasteiger partial charge in [0.1, 0.15) is 5.82 Å². The van der Waals surface area contributed by atoms with Crippen LogP contribution in [0.15, 0.2) is 29.6 Å². The smallest absolute Gasteiger partial charge is 0.312 e. The fourth-order valence-electron chi connectivity index (χ4n) is 2.43. The van der Waals surface area contributed by atoms with Crippen LogP contribution in [-0.4, -0.2) is 35.9 Å². The van der Waals surface area contributed by atoms with Gasteiger partial charge < -0.3 is 10.1 Å². The first-order chi connectivity index (χ1) is 12.5. The Bertz CT molecular complexity index is 822. The Morgan fingerprint density at radius 3 is 2.77 bits per heavy atom. The zero-order valence-electron chi connectivity index (χ0n) is 13.7. The van der Waals surface area contributed by atoms with E-state index in [2.05, 4.69) is 10.3 Å². The summed E-state index contributed by atoms with van der Waals surface area (Å²) in [6, 6.07) is 5.25. The maximum Gasteiger partial charge on any atom is 0.312 e. The minimum Gasteiger partial charge on any atom is -0.455 e. The number of hydrogen-bond acceptors (Lipinski definition) is 6. The van der Waals surface area contributed by atoms with Crippen molar-refractivity contribution in [2.24, 2.45) is 0 Å². The SMILES string of the molecule is O=C(COC(=O)Cc1csc(N2CCCC2=O)n1)Nc1ccc(F)cc1. The van der Waals surface area contributed by atoms with E-state index < -0.39 is 24.3 Å². The lowest BCUT2D eigenvalue weighted by Gasteiger charge is -2.10. The molecule has 26 heavy (non-hydrogen) atoms. The molecular weight excluding hydrogens is 361 g/mol. The Kier molecular flexibility index (Phi) is 5.57. The second-order valence-corrected chi connectivity index (χ2v) is 6.50. The number of nitrogens with one attached hydrogen (secondary N) is 1. The summed E-state index contributed by atoms with van der Waals surface area (Å²) in [5, 5.41) is 4.76. The van der Waals surface area contributed by atoms with Gasteiger partial charge in [0.05, 0.1) is 12.1 Å². The highest BCUT2D eigenvalue weighted by Crippen LogP contribution is 2.25. The monoisotopic (exact) mass is 377 g/mol. The fourth-order valence-corrected chi connectivity index (χ4v) is 3.29. The van der Waals surface area contributed by atoms with Crippen molar-refractivity contribution < 1.29 is 23.5 Å². The summed E-state index contributed by atoms with van der Waals surface area (Å²) in [4.78, 5) is 41.1. The lowest BCUT2D eigenvalue weighted by molar-refractivity contribution is -0.146. The van der Waals surface area contributed by atoms with Crippen LogP contribution in [0.2, 0.25) is 0 Å². The molecule has 2 aromatic rings. The van der Waals surface area contributed by atoms with E-state index in [1.807, 2.05) is 0 Å². The largest absolute Gasteiger partial charge is 0.455 e. The lowest BCUT2D eigenvalue weighted by Crippen LogP contribution is -2.23. The number of esters is 1. The zero-order valence-corrected chi connectivity index (χ0v) is 14.6. The number of thiazole rings is 1. The summed E-state index contributed by atoms with van der Waals surface area (Å²) in [7, 11) is 0. The molecule has 0 spiro atoms. The van der Waals surface area contributed by atoms with E-state index in [0.717, 1.165) is 6.42 Å². The molecular formula is C17H16FN3O4S. The average Bonchev–Trinajstić information content (AvgIpc) is 3.24. The van der Waals surface area contributed by atoms with Gasteiger partial charge in [0, 0.05) is 24.0 Å². The molecule has 2 amide bonds. The Labute approximate surface area is 152 Å². The first-order valence-electron chi connectivity index (χ1n) is 7.97. The van der Waals surface area contributed by atoms with Gasteiger partial charge in [-0.15, -0.1) is 11.3 Å². The number of nitrogens with zero attached hydrogens (tertiary/aromatic N) is 2. The summed E-state index contributed by atoms with van der Waals surface area (Å²) in [6.45, 7) is 0.192. The third-order valence-electron chi connectivity index (χ3n) is 3.66. The van der Waals surface area contributed by atoms with Gasteiger partial charge in [-0.2, -0.15) is 0 Å². The van der Waals surface area contributed by atoms with Crippen LogP contribution in [0.25, 0.3) is 0 Å². The Morgan fingerprint density at radius 2 is 2.08 bits per heavy atom. The summed E-state index contributed by atoms with van der Waals surface area (Å²) < 4.78 is 17.7. The van der Waals surface area contributed by atoms with Crippen LogP contribution < -0.4 is 10.2 Å². The van der Waals surface area contributed by atoms with E-state index in [1.54, 1.807) is 10.3 Å². The number of amides is 2. The third kappa shape index (κ3) is 4.63. The van der Waals surface area contributed by atoms with Crippen molar-refractivity contribution in [1.29, 1.82) is 0 Å². The molecule has 0 atom stereocenters. The molecule has 1 saturated heterocycles. The van der Waals surface area contributed by atoms with Crippen molar-refractivity contribution in [2.45, 2.75) is 19.3 Å². The molecule has 0 radical (unpaired) electrons. The van der Waals surface area contributed by atoms with Crippen molar-refractivity contribution in [1.82, 2.24) is 4.98 Å². The van der Waals surface area contributed by atoms with Crippen molar-refractivity contribution in [2.75, 3.05) is 23.4 Å². The van der Waals surface area contributed by atoms with Crippen LogP contribution in [-0.2, 0) is 25.5 Å². The fraction of sp³-hybridized carbons (Fsp3) is 0.294. The molecule has 136 valence electrons. The molecule has 0 bridgehead atoms. The second kappa shape index (κ2) is 8.05. The number of anilines is 2. The maximum absolute atomic E-state index is 12.8. The molecule has 0 saturated carbocycles. The molecule has 7 nitrogen and oxygen atoms in total. The van der Waals surface area contributed by atoms with Gasteiger partial charge in [0.15, 0.2) is 11.7 Å². The van der Waals surface area contributed by atoms with E-state index in [4.69, 9.17) is 4.74 Å². The van der Waals surface area contributed by atoms with E-state index in [1.165, 1.54) is 35.6 Å². The molecule has 9 heteroatoms. The first kappa shape index (κ1) is 18.0. The van der Waals surface area contributed by atoms with E-state index in [-0.39, 0.29) is 12.3 Å². The normalized spacial score (nSPS) is 13.7. The summed E-state index contributed by atoms with van der Waals surface area (Å²) >= 11 is 1.30. The second-order valence-electron chi connectivity index (χ2n) is 5.66. The predicted molar refractivity (Wildman–Crippen MR) is 93.4 cm³/mol. The van der Waals surface area contributed by atoms with Gasteiger partial charge in [-0.25, -0.2) is 9.37 Å². The predicted octanol–water partition coefficient (Wildman–Crippen LogP) is 2.13. The van der Waals surface area contributed by atoms with Gasteiger partial charge in [0.2, 0.25) is 5.91 Å². The highest BCUT2D eigenvalue weighted by Gasteiger charge is 2.24. The first-order valence-corrected chi connectivity index (χ1v) is 8.85. The Hall–Kier alpha value is -2.81. The van der Waals surface area contributed by atoms with Crippen molar-refractivity contribution in [3.05, 3.63) is 41.2 Å². The maximum atomic E-state index is 12.8. The van der Waals surface area contributed by atoms with Crippen molar-refractivity contribution in [3.8, 4) is 0 Å². The molecule has 0 aliphatic carbocycles. The standard InChI is InChI=1S/C17H16FN3O4S/c18-11-3-5-12(6-4-11)19-14(22)9-25-16(24)8-13-10-26-17(20-13)21-7-1-2-15(21)23/h3-6,10H,1-2,7-9H2,(H,19,22). The highest BCUT2D eigenvalue weighted by molar-refractivity contribution is 7.14. The number of rotatable bonds is 6. The highest BCUT2D eigenvalue weighted by atomic mass is 32.1. The summed E-state index contributed by atoms with van der Waals surface area (Å²) in [5.74, 6) is -1.49. The molecule has 1 aliphatic heterocycles. The van der Waals surface area contributed by atoms with E-state index in [0.29, 0.717) is 29.5 Å². The number of carbonyl (C=O) groups excluding carboxylic acids is 3. The lowest BCUT2D eigenvalue weighted by atomic mass is 10.3. The zero-order chi connectivity index (χ0) is 18.5. The Balaban J connectivity index is 1.45. The topological polar surface area (TPSA) is 88.6 Å².